The molecule has 0 saturated heterocycles. The zero-order valence-electron chi connectivity index (χ0n) is 15.6. The number of oxime groups is 1. The van der Waals surface area contributed by atoms with Crippen molar-refractivity contribution in [1.29, 1.82) is 0 Å². The average molecular weight is 397 g/mol. The molecule has 2 aromatic carbocycles. The Labute approximate surface area is 165 Å². The molecule has 0 aliphatic rings. The number of nitrogens with one attached hydrogen (secondary N) is 1. The van der Waals surface area contributed by atoms with Crippen molar-refractivity contribution in [3.63, 3.8) is 0 Å². The van der Waals surface area contributed by atoms with Gasteiger partial charge in [0, 0.05) is 17.3 Å². The van der Waals surface area contributed by atoms with E-state index >= 15 is 0 Å². The van der Waals surface area contributed by atoms with Gasteiger partial charge in [-0.1, -0.05) is 11.2 Å². The molecule has 3 rings (SSSR count). The number of carbonyl (C=O) groups is 1. The highest BCUT2D eigenvalue weighted by atomic mass is 19.2. The number of nitrogens with zero attached hydrogens (tertiary/aromatic N) is 2. The number of anilines is 1. The van der Waals surface area contributed by atoms with E-state index in [1.54, 1.807) is 25.3 Å². The molecular formula is C21H17F2N3O3. The summed E-state index contributed by atoms with van der Waals surface area (Å²) in [4.78, 5) is 21.3. The lowest BCUT2D eigenvalue weighted by molar-refractivity contribution is 0.102. The van der Waals surface area contributed by atoms with Gasteiger partial charge in [-0.15, -0.1) is 0 Å². The van der Waals surface area contributed by atoms with Crippen LogP contribution in [0.5, 0.6) is 5.75 Å². The highest BCUT2D eigenvalue weighted by molar-refractivity contribution is 6.12. The second kappa shape index (κ2) is 8.92. The molecule has 148 valence electrons. The molecule has 1 heterocycles. The third kappa shape index (κ3) is 4.55. The van der Waals surface area contributed by atoms with Crippen molar-refractivity contribution in [2.75, 3.05) is 19.5 Å². The Bertz CT molecular complexity index is 1040. The largest absolute Gasteiger partial charge is 0.497 e. The molecule has 0 aliphatic heterocycles. The van der Waals surface area contributed by atoms with Crippen LogP contribution in [0, 0.1) is 11.6 Å². The number of ether oxygens (including phenoxy) is 1. The predicted molar refractivity (Wildman–Crippen MR) is 104 cm³/mol. The van der Waals surface area contributed by atoms with Gasteiger partial charge in [0.05, 0.1) is 12.7 Å². The lowest BCUT2D eigenvalue weighted by Crippen LogP contribution is -2.15. The number of rotatable bonds is 6. The number of benzene rings is 2. The molecule has 0 aliphatic carbocycles. The van der Waals surface area contributed by atoms with Crippen LogP contribution in [0.3, 0.4) is 0 Å². The summed E-state index contributed by atoms with van der Waals surface area (Å²) >= 11 is 0. The van der Waals surface area contributed by atoms with Crippen LogP contribution in [0.25, 0.3) is 0 Å². The first-order chi connectivity index (χ1) is 14.0. The van der Waals surface area contributed by atoms with E-state index in [-0.39, 0.29) is 5.82 Å². The first-order valence-corrected chi connectivity index (χ1v) is 8.51. The summed E-state index contributed by atoms with van der Waals surface area (Å²) in [6, 6.07) is 13.8. The first kappa shape index (κ1) is 19.9. The Morgan fingerprint density at radius 2 is 1.72 bits per heavy atom. The Morgan fingerprint density at radius 3 is 2.34 bits per heavy atom. The zero-order chi connectivity index (χ0) is 20.8. The van der Waals surface area contributed by atoms with Gasteiger partial charge < -0.3 is 14.9 Å². The van der Waals surface area contributed by atoms with Gasteiger partial charge in [0.1, 0.15) is 24.4 Å². The average Bonchev–Trinajstić information content (AvgIpc) is 2.75. The quantitative estimate of drug-likeness (QED) is 0.504. The number of amides is 1. The summed E-state index contributed by atoms with van der Waals surface area (Å²) in [5.74, 6) is -2.24. The molecule has 0 bridgehead atoms. The van der Waals surface area contributed by atoms with Crippen molar-refractivity contribution in [3.8, 4) is 5.75 Å². The van der Waals surface area contributed by atoms with E-state index in [1.807, 2.05) is 12.1 Å². The van der Waals surface area contributed by atoms with Crippen LogP contribution in [0.4, 0.5) is 14.6 Å². The standard InChI is InChI=1S/C21H17F2N3O3/c1-28-15-9-6-13(7-10-15)20(26-29-2)14-8-11-18(24-12-14)25-21(27)16-4-3-5-17(22)19(16)23/h3-12H,1-2H3,(H,24,25,27). The van der Waals surface area contributed by atoms with E-state index in [4.69, 9.17) is 9.57 Å². The third-order valence-corrected chi connectivity index (χ3v) is 4.02. The molecule has 8 heteroatoms. The minimum atomic E-state index is -1.21. The van der Waals surface area contributed by atoms with Crippen LogP contribution in [0.2, 0.25) is 0 Å². The molecule has 0 saturated carbocycles. The molecule has 6 nitrogen and oxygen atoms in total. The van der Waals surface area contributed by atoms with Crippen LogP contribution in [0.1, 0.15) is 21.5 Å². The van der Waals surface area contributed by atoms with E-state index in [0.717, 1.165) is 11.6 Å². The summed E-state index contributed by atoms with van der Waals surface area (Å²) in [7, 11) is 3.00. The molecule has 0 fully saturated rings. The van der Waals surface area contributed by atoms with Crippen molar-refractivity contribution in [2.24, 2.45) is 5.16 Å². The Morgan fingerprint density at radius 1 is 1.00 bits per heavy atom. The maximum absolute atomic E-state index is 13.8. The first-order valence-electron chi connectivity index (χ1n) is 8.51. The molecule has 0 radical (unpaired) electrons. The second-order valence-corrected chi connectivity index (χ2v) is 5.84. The fourth-order valence-corrected chi connectivity index (χ4v) is 2.58. The number of halogens is 2. The second-order valence-electron chi connectivity index (χ2n) is 5.84. The normalized spacial score (nSPS) is 11.1. The zero-order valence-corrected chi connectivity index (χ0v) is 15.6. The van der Waals surface area contributed by atoms with Crippen LogP contribution in [-0.2, 0) is 4.84 Å². The van der Waals surface area contributed by atoms with Gasteiger partial charge in [-0.05, 0) is 48.5 Å². The summed E-state index contributed by atoms with van der Waals surface area (Å²) < 4.78 is 32.2. The maximum atomic E-state index is 13.8. The lowest BCUT2D eigenvalue weighted by atomic mass is 10.0. The van der Waals surface area contributed by atoms with Crippen molar-refractivity contribution in [2.45, 2.75) is 0 Å². The smallest absolute Gasteiger partial charge is 0.259 e. The highest BCUT2D eigenvalue weighted by Crippen LogP contribution is 2.18. The fraction of sp³-hybridized carbons (Fsp3) is 0.0952. The molecule has 1 amide bonds. The molecule has 0 unspecified atom stereocenters. The highest BCUT2D eigenvalue weighted by Gasteiger charge is 2.16. The van der Waals surface area contributed by atoms with E-state index in [2.05, 4.69) is 15.5 Å². The minimum Gasteiger partial charge on any atom is -0.497 e. The minimum absolute atomic E-state index is 0.175. The van der Waals surface area contributed by atoms with E-state index in [1.165, 1.54) is 31.5 Å². The number of pyridine rings is 1. The predicted octanol–water partition coefficient (Wildman–Crippen LogP) is 4.02. The van der Waals surface area contributed by atoms with Gasteiger partial charge in [0.25, 0.3) is 5.91 Å². The third-order valence-electron chi connectivity index (χ3n) is 4.02. The number of hydrogen-bond acceptors (Lipinski definition) is 5. The molecule has 0 atom stereocenters. The molecule has 0 spiro atoms. The number of hydrogen-bond donors (Lipinski definition) is 1. The van der Waals surface area contributed by atoms with Crippen molar-refractivity contribution in [3.05, 3.63) is 89.1 Å². The molecule has 1 N–H and O–H groups in total. The van der Waals surface area contributed by atoms with Gasteiger partial charge in [0.15, 0.2) is 11.6 Å². The Balaban J connectivity index is 1.81. The van der Waals surface area contributed by atoms with Gasteiger partial charge in [-0.3, -0.25) is 4.79 Å². The lowest BCUT2D eigenvalue weighted by Gasteiger charge is -2.09. The molecular weight excluding hydrogens is 380 g/mol. The van der Waals surface area contributed by atoms with E-state index in [0.29, 0.717) is 17.0 Å². The Kier molecular flexibility index (Phi) is 6.13. The monoisotopic (exact) mass is 397 g/mol. The van der Waals surface area contributed by atoms with Crippen molar-refractivity contribution >= 4 is 17.4 Å². The number of aromatic nitrogens is 1. The van der Waals surface area contributed by atoms with Gasteiger partial charge in [-0.2, -0.15) is 0 Å². The Hall–Kier alpha value is -3.81. The van der Waals surface area contributed by atoms with E-state index in [9.17, 15) is 13.6 Å². The summed E-state index contributed by atoms with van der Waals surface area (Å²) in [5, 5.41) is 6.47. The van der Waals surface area contributed by atoms with Gasteiger partial charge >= 0.3 is 0 Å². The summed E-state index contributed by atoms with van der Waals surface area (Å²) in [6.07, 6.45) is 1.49. The van der Waals surface area contributed by atoms with Crippen LogP contribution in [0.15, 0.2) is 65.9 Å². The summed E-state index contributed by atoms with van der Waals surface area (Å²) in [5.41, 5.74) is 1.52. The molecule has 3 aromatic rings. The van der Waals surface area contributed by atoms with Crippen molar-refractivity contribution < 1.29 is 23.1 Å². The summed E-state index contributed by atoms with van der Waals surface area (Å²) in [6.45, 7) is 0. The number of carbonyl (C=O) groups excluding carboxylic acids is 1. The van der Waals surface area contributed by atoms with Crippen LogP contribution >= 0.6 is 0 Å². The fourth-order valence-electron chi connectivity index (χ4n) is 2.58. The number of methoxy groups -OCH3 is 1. The van der Waals surface area contributed by atoms with Crippen molar-refractivity contribution in [1.82, 2.24) is 4.98 Å². The van der Waals surface area contributed by atoms with E-state index < -0.39 is 23.1 Å². The molecule has 1 aromatic heterocycles. The maximum Gasteiger partial charge on any atom is 0.259 e. The van der Waals surface area contributed by atoms with Gasteiger partial charge in [0.2, 0.25) is 0 Å². The topological polar surface area (TPSA) is 72.8 Å². The van der Waals surface area contributed by atoms with Gasteiger partial charge in [-0.25, -0.2) is 13.8 Å². The van der Waals surface area contributed by atoms with Crippen LogP contribution in [-0.4, -0.2) is 30.8 Å². The SMILES string of the molecule is CON=C(c1ccc(OC)cc1)c1ccc(NC(=O)c2cccc(F)c2F)nc1. The van der Waals surface area contributed by atoms with Crippen LogP contribution < -0.4 is 10.1 Å². The molecule has 29 heavy (non-hydrogen) atoms.